The number of hydrogen-bond donors (Lipinski definition) is 2. The van der Waals surface area contributed by atoms with Crippen molar-refractivity contribution in [3.05, 3.63) is 41.4 Å². The Morgan fingerprint density at radius 3 is 2.67 bits per heavy atom. The average Bonchev–Trinajstić information content (AvgIpc) is 2.98. The van der Waals surface area contributed by atoms with E-state index in [0.717, 1.165) is 41.7 Å². The molecule has 0 spiro atoms. The molecule has 0 aliphatic carbocycles. The van der Waals surface area contributed by atoms with Gasteiger partial charge in [-0.25, -0.2) is 15.0 Å². The van der Waals surface area contributed by atoms with Gasteiger partial charge in [-0.05, 0) is 39.3 Å². The first-order valence-electron chi connectivity index (χ1n) is 7.31. The summed E-state index contributed by atoms with van der Waals surface area (Å²) in [6, 6.07) is 2.26. The predicted molar refractivity (Wildman–Crippen MR) is 80.8 cm³/mol. The van der Waals surface area contributed by atoms with Gasteiger partial charge < -0.3 is 10.6 Å². The maximum Gasteiger partial charge on any atom is 0.149 e. The van der Waals surface area contributed by atoms with Gasteiger partial charge >= 0.3 is 0 Å². The third-order valence-corrected chi connectivity index (χ3v) is 3.56. The SMILES string of the molecule is Cc1cc(C)nc(CNc2nccnc2C2CCCN2)n1. The van der Waals surface area contributed by atoms with Crippen molar-refractivity contribution < 1.29 is 0 Å². The van der Waals surface area contributed by atoms with Gasteiger partial charge in [0.05, 0.1) is 18.3 Å². The highest BCUT2D eigenvalue weighted by Gasteiger charge is 2.21. The maximum atomic E-state index is 4.48. The lowest BCUT2D eigenvalue weighted by Crippen LogP contribution is -2.18. The van der Waals surface area contributed by atoms with E-state index in [4.69, 9.17) is 0 Å². The van der Waals surface area contributed by atoms with Gasteiger partial charge in [0.1, 0.15) is 11.6 Å². The zero-order valence-corrected chi connectivity index (χ0v) is 12.4. The van der Waals surface area contributed by atoms with Crippen molar-refractivity contribution in [2.24, 2.45) is 0 Å². The van der Waals surface area contributed by atoms with Gasteiger partial charge in [-0.1, -0.05) is 0 Å². The summed E-state index contributed by atoms with van der Waals surface area (Å²) in [5, 5.41) is 6.78. The molecule has 2 aromatic heterocycles. The second-order valence-corrected chi connectivity index (χ2v) is 5.36. The van der Waals surface area contributed by atoms with Crippen molar-refractivity contribution in [2.75, 3.05) is 11.9 Å². The molecule has 6 heteroatoms. The van der Waals surface area contributed by atoms with Gasteiger partial charge in [-0.2, -0.15) is 0 Å². The first kappa shape index (κ1) is 13.9. The molecule has 3 heterocycles. The van der Waals surface area contributed by atoms with Crippen LogP contribution in [0.3, 0.4) is 0 Å². The lowest BCUT2D eigenvalue weighted by molar-refractivity contribution is 0.625. The molecule has 1 saturated heterocycles. The number of aromatic nitrogens is 4. The van der Waals surface area contributed by atoms with E-state index in [1.54, 1.807) is 12.4 Å². The molecular formula is C15H20N6. The van der Waals surface area contributed by atoms with Crippen LogP contribution in [-0.4, -0.2) is 26.5 Å². The molecule has 1 fully saturated rings. The molecule has 2 N–H and O–H groups in total. The van der Waals surface area contributed by atoms with E-state index in [-0.39, 0.29) is 0 Å². The summed E-state index contributed by atoms with van der Waals surface area (Å²) in [5.41, 5.74) is 2.95. The molecule has 1 unspecified atom stereocenters. The third-order valence-electron chi connectivity index (χ3n) is 3.56. The van der Waals surface area contributed by atoms with Gasteiger partial charge in [0, 0.05) is 23.8 Å². The van der Waals surface area contributed by atoms with Crippen molar-refractivity contribution in [3.63, 3.8) is 0 Å². The highest BCUT2D eigenvalue weighted by Crippen LogP contribution is 2.25. The summed E-state index contributed by atoms with van der Waals surface area (Å²) in [6.45, 7) is 5.56. The van der Waals surface area contributed by atoms with E-state index in [9.17, 15) is 0 Å². The molecule has 0 radical (unpaired) electrons. The Morgan fingerprint density at radius 2 is 1.95 bits per heavy atom. The van der Waals surface area contributed by atoms with E-state index in [1.807, 2.05) is 19.9 Å². The van der Waals surface area contributed by atoms with Crippen LogP contribution in [0, 0.1) is 13.8 Å². The summed E-state index contributed by atoms with van der Waals surface area (Å²) >= 11 is 0. The van der Waals surface area contributed by atoms with Gasteiger partial charge in [0.2, 0.25) is 0 Å². The van der Waals surface area contributed by atoms with E-state index < -0.39 is 0 Å². The highest BCUT2D eigenvalue weighted by atomic mass is 15.1. The Morgan fingerprint density at radius 1 is 1.19 bits per heavy atom. The second kappa shape index (κ2) is 6.13. The Labute approximate surface area is 124 Å². The van der Waals surface area contributed by atoms with Crippen LogP contribution in [0.2, 0.25) is 0 Å². The predicted octanol–water partition coefficient (Wildman–Crippen LogP) is 1.92. The molecule has 110 valence electrons. The fourth-order valence-electron chi connectivity index (χ4n) is 2.70. The average molecular weight is 284 g/mol. The smallest absolute Gasteiger partial charge is 0.149 e. The largest absolute Gasteiger partial charge is 0.361 e. The second-order valence-electron chi connectivity index (χ2n) is 5.36. The van der Waals surface area contributed by atoms with Gasteiger partial charge in [0.25, 0.3) is 0 Å². The molecule has 1 aliphatic rings. The number of nitrogens with one attached hydrogen (secondary N) is 2. The minimum Gasteiger partial charge on any atom is -0.361 e. The minimum atomic E-state index is 0.293. The normalized spacial score (nSPS) is 17.9. The van der Waals surface area contributed by atoms with Gasteiger partial charge in [0.15, 0.2) is 0 Å². The lowest BCUT2D eigenvalue weighted by atomic mass is 10.1. The van der Waals surface area contributed by atoms with E-state index in [2.05, 4.69) is 30.6 Å². The first-order valence-corrected chi connectivity index (χ1v) is 7.31. The van der Waals surface area contributed by atoms with E-state index >= 15 is 0 Å². The Hall–Kier alpha value is -2.08. The molecule has 21 heavy (non-hydrogen) atoms. The Kier molecular flexibility index (Phi) is 4.06. The van der Waals surface area contributed by atoms with Crippen LogP contribution in [0.25, 0.3) is 0 Å². The monoisotopic (exact) mass is 284 g/mol. The molecule has 0 bridgehead atoms. The molecule has 0 saturated carbocycles. The van der Waals surface area contributed by atoms with Crippen molar-refractivity contribution in [2.45, 2.75) is 39.3 Å². The van der Waals surface area contributed by atoms with Crippen LogP contribution in [0.4, 0.5) is 5.82 Å². The number of anilines is 1. The summed E-state index contributed by atoms with van der Waals surface area (Å²) in [4.78, 5) is 17.8. The number of nitrogens with zero attached hydrogens (tertiary/aromatic N) is 4. The van der Waals surface area contributed by atoms with Crippen molar-refractivity contribution in [1.82, 2.24) is 25.3 Å². The van der Waals surface area contributed by atoms with Gasteiger partial charge in [-0.3, -0.25) is 4.98 Å². The van der Waals surface area contributed by atoms with Crippen molar-refractivity contribution in [3.8, 4) is 0 Å². The summed E-state index contributed by atoms with van der Waals surface area (Å²) in [5.74, 6) is 1.60. The highest BCUT2D eigenvalue weighted by molar-refractivity contribution is 5.41. The summed E-state index contributed by atoms with van der Waals surface area (Å²) < 4.78 is 0. The van der Waals surface area contributed by atoms with Crippen molar-refractivity contribution in [1.29, 1.82) is 0 Å². The van der Waals surface area contributed by atoms with E-state index in [0.29, 0.717) is 12.6 Å². The molecule has 0 amide bonds. The first-order chi connectivity index (χ1) is 10.2. The topological polar surface area (TPSA) is 75.6 Å². The number of rotatable bonds is 4. The zero-order chi connectivity index (χ0) is 14.7. The zero-order valence-electron chi connectivity index (χ0n) is 12.4. The summed E-state index contributed by atoms with van der Waals surface area (Å²) in [6.07, 6.45) is 5.74. The molecule has 3 rings (SSSR count). The Balaban J connectivity index is 1.75. The van der Waals surface area contributed by atoms with Gasteiger partial charge in [-0.15, -0.1) is 0 Å². The summed E-state index contributed by atoms with van der Waals surface area (Å²) in [7, 11) is 0. The molecule has 0 aromatic carbocycles. The quantitative estimate of drug-likeness (QED) is 0.893. The Bertz CT molecular complexity index is 601. The van der Waals surface area contributed by atoms with Crippen LogP contribution in [0.5, 0.6) is 0 Å². The van der Waals surface area contributed by atoms with Crippen molar-refractivity contribution >= 4 is 5.82 Å². The maximum absolute atomic E-state index is 4.48. The number of aryl methyl sites for hydroxylation is 2. The van der Waals surface area contributed by atoms with Crippen LogP contribution in [-0.2, 0) is 6.54 Å². The third kappa shape index (κ3) is 3.33. The molecule has 1 aliphatic heterocycles. The molecular weight excluding hydrogens is 264 g/mol. The minimum absolute atomic E-state index is 0.293. The fraction of sp³-hybridized carbons (Fsp3) is 0.467. The molecule has 1 atom stereocenters. The standard InChI is InChI=1S/C15H20N6/c1-10-8-11(2)21-13(20-10)9-19-15-14(17-6-7-18-15)12-4-3-5-16-12/h6-8,12,16H,3-5,9H2,1-2H3,(H,18,19). The number of hydrogen-bond acceptors (Lipinski definition) is 6. The van der Waals surface area contributed by atoms with Crippen LogP contribution in [0.15, 0.2) is 18.5 Å². The lowest BCUT2D eigenvalue weighted by Gasteiger charge is -2.14. The molecule has 6 nitrogen and oxygen atoms in total. The fourth-order valence-corrected chi connectivity index (χ4v) is 2.70. The van der Waals surface area contributed by atoms with Crippen LogP contribution in [0.1, 0.15) is 41.8 Å². The van der Waals surface area contributed by atoms with E-state index in [1.165, 1.54) is 6.42 Å². The van der Waals surface area contributed by atoms with Crippen LogP contribution >= 0.6 is 0 Å². The van der Waals surface area contributed by atoms with Crippen LogP contribution < -0.4 is 10.6 Å². The molecule has 2 aromatic rings.